The van der Waals surface area contributed by atoms with Gasteiger partial charge in [0.05, 0.1) is 24.1 Å². The van der Waals surface area contributed by atoms with Crippen molar-refractivity contribution < 1.29 is 13.9 Å². The molecule has 0 N–H and O–H groups in total. The summed E-state index contributed by atoms with van der Waals surface area (Å²) in [5.41, 5.74) is 2.59. The topological polar surface area (TPSA) is 59.8 Å². The third-order valence-electron chi connectivity index (χ3n) is 5.02. The van der Waals surface area contributed by atoms with Crippen LogP contribution in [0.4, 0.5) is 0 Å². The second-order valence-electron chi connectivity index (χ2n) is 6.85. The first-order valence-electron chi connectivity index (χ1n) is 9.07. The van der Waals surface area contributed by atoms with E-state index in [1.807, 2.05) is 50.2 Å². The molecule has 0 aliphatic carbocycles. The normalized spacial score (nSPS) is 16.0. The maximum Gasteiger partial charge on any atom is 0.290 e. The van der Waals surface area contributed by atoms with Gasteiger partial charge in [0.25, 0.3) is 5.91 Å². The minimum absolute atomic E-state index is 0.136. The van der Waals surface area contributed by atoms with Gasteiger partial charge in [-0.05, 0) is 43.2 Å². The predicted octanol–water partition coefficient (Wildman–Crippen LogP) is 4.07. The predicted molar refractivity (Wildman–Crippen MR) is 103 cm³/mol. The zero-order valence-corrected chi connectivity index (χ0v) is 15.6. The first-order valence-corrected chi connectivity index (χ1v) is 9.07. The standard InChI is InChI=1S/C22H21NO4/c1-4-11-23-19(14-6-8-15(26-3)9-7-14)18-20(24)16-12-13(2)5-10-17(16)27-21(18)22(23)25/h5-10,12,19H,4,11H2,1-3H3. The quantitative estimate of drug-likeness (QED) is 0.701. The highest BCUT2D eigenvalue weighted by molar-refractivity contribution is 5.99. The maximum atomic E-state index is 13.3. The summed E-state index contributed by atoms with van der Waals surface area (Å²) in [6.07, 6.45) is 0.791. The molecular weight excluding hydrogens is 342 g/mol. The molecule has 0 saturated carbocycles. The molecule has 1 aromatic heterocycles. The van der Waals surface area contributed by atoms with Gasteiger partial charge in [0, 0.05) is 6.54 Å². The second kappa shape index (κ2) is 6.58. The minimum Gasteiger partial charge on any atom is -0.497 e. The fourth-order valence-electron chi connectivity index (χ4n) is 3.74. The highest BCUT2D eigenvalue weighted by Gasteiger charge is 2.42. The van der Waals surface area contributed by atoms with Crippen LogP contribution < -0.4 is 10.2 Å². The molecule has 5 nitrogen and oxygen atoms in total. The number of methoxy groups -OCH3 is 1. The molecule has 0 spiro atoms. The van der Waals surface area contributed by atoms with E-state index in [0.717, 1.165) is 23.3 Å². The average Bonchev–Trinajstić information content (AvgIpc) is 2.95. The number of benzene rings is 2. The van der Waals surface area contributed by atoms with E-state index in [9.17, 15) is 9.59 Å². The van der Waals surface area contributed by atoms with E-state index in [1.165, 1.54) is 0 Å². The van der Waals surface area contributed by atoms with E-state index in [-0.39, 0.29) is 17.1 Å². The van der Waals surface area contributed by atoms with Gasteiger partial charge >= 0.3 is 0 Å². The van der Waals surface area contributed by atoms with Crippen molar-refractivity contribution in [2.75, 3.05) is 13.7 Å². The summed E-state index contributed by atoms with van der Waals surface area (Å²) in [5.74, 6) is 0.657. The number of hydrogen-bond acceptors (Lipinski definition) is 4. The Morgan fingerprint density at radius 1 is 1.11 bits per heavy atom. The van der Waals surface area contributed by atoms with Gasteiger partial charge in [-0.15, -0.1) is 0 Å². The molecular formula is C22H21NO4. The zero-order valence-electron chi connectivity index (χ0n) is 15.6. The van der Waals surface area contributed by atoms with E-state index in [1.54, 1.807) is 18.1 Å². The number of amides is 1. The third-order valence-corrected chi connectivity index (χ3v) is 5.02. The smallest absolute Gasteiger partial charge is 0.290 e. The van der Waals surface area contributed by atoms with Crippen molar-refractivity contribution in [2.45, 2.75) is 26.3 Å². The molecule has 4 rings (SSSR count). The van der Waals surface area contributed by atoms with E-state index >= 15 is 0 Å². The monoisotopic (exact) mass is 363 g/mol. The van der Waals surface area contributed by atoms with Crippen LogP contribution in [0.3, 0.4) is 0 Å². The maximum absolute atomic E-state index is 13.3. The molecule has 1 atom stereocenters. The SMILES string of the molecule is CCCN1C(=O)c2oc3ccc(C)cc3c(=O)c2C1c1ccc(OC)cc1. The lowest BCUT2D eigenvalue weighted by atomic mass is 9.98. The van der Waals surface area contributed by atoms with Crippen LogP contribution in [0.2, 0.25) is 0 Å². The molecule has 0 saturated heterocycles. The van der Waals surface area contributed by atoms with Gasteiger partial charge in [0.1, 0.15) is 11.3 Å². The Kier molecular flexibility index (Phi) is 4.22. The van der Waals surface area contributed by atoms with Crippen LogP contribution in [0.15, 0.2) is 51.7 Å². The van der Waals surface area contributed by atoms with Gasteiger partial charge in [0.15, 0.2) is 5.43 Å². The van der Waals surface area contributed by atoms with E-state index in [2.05, 4.69) is 0 Å². The van der Waals surface area contributed by atoms with Crippen molar-refractivity contribution >= 4 is 16.9 Å². The molecule has 138 valence electrons. The van der Waals surface area contributed by atoms with Crippen LogP contribution in [0.1, 0.15) is 46.6 Å². The van der Waals surface area contributed by atoms with Crippen molar-refractivity contribution in [2.24, 2.45) is 0 Å². The van der Waals surface area contributed by atoms with Crippen molar-refractivity contribution in [3.05, 3.63) is 75.1 Å². The summed E-state index contributed by atoms with van der Waals surface area (Å²) in [6.45, 7) is 4.49. The highest BCUT2D eigenvalue weighted by atomic mass is 16.5. The summed E-state index contributed by atoms with van der Waals surface area (Å²) >= 11 is 0. The number of hydrogen-bond donors (Lipinski definition) is 0. The molecule has 0 bridgehead atoms. The van der Waals surface area contributed by atoms with Crippen LogP contribution in [0.25, 0.3) is 11.0 Å². The van der Waals surface area contributed by atoms with Gasteiger partial charge in [-0.2, -0.15) is 0 Å². The lowest BCUT2D eigenvalue weighted by Gasteiger charge is -2.24. The van der Waals surface area contributed by atoms with E-state index in [0.29, 0.717) is 23.1 Å². The van der Waals surface area contributed by atoms with Gasteiger partial charge in [0.2, 0.25) is 5.76 Å². The van der Waals surface area contributed by atoms with Crippen LogP contribution in [-0.4, -0.2) is 24.5 Å². The average molecular weight is 363 g/mol. The number of rotatable bonds is 4. The zero-order chi connectivity index (χ0) is 19.1. The molecule has 1 aliphatic heterocycles. The second-order valence-corrected chi connectivity index (χ2v) is 6.85. The Morgan fingerprint density at radius 2 is 1.85 bits per heavy atom. The Bertz CT molecular complexity index is 1080. The Hall–Kier alpha value is -3.08. The van der Waals surface area contributed by atoms with Crippen LogP contribution >= 0.6 is 0 Å². The molecule has 0 radical (unpaired) electrons. The largest absolute Gasteiger partial charge is 0.497 e. The first kappa shape index (κ1) is 17.3. The number of nitrogens with zero attached hydrogens (tertiary/aromatic N) is 1. The lowest BCUT2D eigenvalue weighted by Crippen LogP contribution is -2.30. The Morgan fingerprint density at radius 3 is 2.52 bits per heavy atom. The fourth-order valence-corrected chi connectivity index (χ4v) is 3.74. The highest BCUT2D eigenvalue weighted by Crippen LogP contribution is 2.38. The van der Waals surface area contributed by atoms with E-state index < -0.39 is 6.04 Å². The van der Waals surface area contributed by atoms with Crippen LogP contribution in [0.5, 0.6) is 5.75 Å². The van der Waals surface area contributed by atoms with Crippen molar-refractivity contribution in [1.82, 2.24) is 4.90 Å². The summed E-state index contributed by atoms with van der Waals surface area (Å²) < 4.78 is 11.1. The molecule has 1 amide bonds. The molecule has 2 heterocycles. The molecule has 5 heteroatoms. The summed E-state index contributed by atoms with van der Waals surface area (Å²) in [7, 11) is 1.61. The molecule has 0 fully saturated rings. The number of fused-ring (bicyclic) bond motifs is 2. The molecule has 27 heavy (non-hydrogen) atoms. The lowest BCUT2D eigenvalue weighted by molar-refractivity contribution is 0.0728. The van der Waals surface area contributed by atoms with Gasteiger partial charge in [-0.3, -0.25) is 9.59 Å². The first-order chi connectivity index (χ1) is 13.0. The number of carbonyl (C=O) groups is 1. The fraction of sp³-hybridized carbons (Fsp3) is 0.273. The number of carbonyl (C=O) groups excluding carboxylic acids is 1. The third kappa shape index (κ3) is 2.70. The Labute approximate surface area is 157 Å². The summed E-state index contributed by atoms with van der Waals surface area (Å²) in [5, 5.41) is 0.512. The summed E-state index contributed by atoms with van der Waals surface area (Å²) in [4.78, 5) is 28.1. The van der Waals surface area contributed by atoms with Crippen molar-refractivity contribution in [3.8, 4) is 5.75 Å². The van der Waals surface area contributed by atoms with Crippen molar-refractivity contribution in [3.63, 3.8) is 0 Å². The molecule has 2 aromatic carbocycles. The van der Waals surface area contributed by atoms with Gasteiger partial charge < -0.3 is 14.1 Å². The van der Waals surface area contributed by atoms with Crippen molar-refractivity contribution in [1.29, 1.82) is 0 Å². The number of aryl methyl sites for hydroxylation is 1. The molecule has 3 aromatic rings. The van der Waals surface area contributed by atoms with Gasteiger partial charge in [-0.1, -0.05) is 30.7 Å². The van der Waals surface area contributed by atoms with Gasteiger partial charge in [-0.25, -0.2) is 0 Å². The number of ether oxygens (including phenoxy) is 1. The van der Waals surface area contributed by atoms with Crippen LogP contribution in [-0.2, 0) is 0 Å². The molecule has 1 aliphatic rings. The molecule has 1 unspecified atom stereocenters. The summed E-state index contributed by atoms with van der Waals surface area (Å²) in [6, 6.07) is 12.5. The van der Waals surface area contributed by atoms with E-state index in [4.69, 9.17) is 9.15 Å². The Balaban J connectivity index is 1.97. The van der Waals surface area contributed by atoms with Crippen LogP contribution in [0, 0.1) is 6.92 Å². The minimum atomic E-state index is -0.445.